The van der Waals surface area contributed by atoms with E-state index in [2.05, 4.69) is 15.3 Å². The largest absolute Gasteiger partial charge is 0.395 e. The third-order valence-electron chi connectivity index (χ3n) is 3.69. The Kier molecular flexibility index (Phi) is 5.39. The molecule has 0 spiro atoms. The Hall–Kier alpha value is -1.36. The molecule has 0 atom stereocenters. The number of aliphatic hydroxyl groups excluding tert-OH is 1. The van der Waals surface area contributed by atoms with Crippen molar-refractivity contribution in [3.05, 3.63) is 12.4 Å². The second kappa shape index (κ2) is 7.28. The van der Waals surface area contributed by atoms with Crippen molar-refractivity contribution in [2.45, 2.75) is 44.6 Å². The molecular formula is C14H24N4O. The Labute approximate surface area is 115 Å². The normalized spacial score (nSPS) is 16.9. The first-order valence-corrected chi connectivity index (χ1v) is 7.20. The summed E-state index contributed by atoms with van der Waals surface area (Å²) in [5.41, 5.74) is 0. The van der Waals surface area contributed by atoms with E-state index in [0.717, 1.165) is 11.6 Å². The summed E-state index contributed by atoms with van der Waals surface area (Å²) in [5, 5.41) is 12.5. The van der Waals surface area contributed by atoms with E-state index in [9.17, 15) is 0 Å². The molecule has 1 aromatic rings. The molecule has 0 aliphatic heterocycles. The highest BCUT2D eigenvalue weighted by Crippen LogP contribution is 2.21. The summed E-state index contributed by atoms with van der Waals surface area (Å²) in [6, 6.07) is 2.49. The van der Waals surface area contributed by atoms with Gasteiger partial charge in [-0.3, -0.25) is 0 Å². The Morgan fingerprint density at radius 3 is 2.68 bits per heavy atom. The summed E-state index contributed by atoms with van der Waals surface area (Å²) >= 11 is 0. The van der Waals surface area contributed by atoms with E-state index >= 15 is 0 Å². The van der Waals surface area contributed by atoms with E-state index in [1.807, 2.05) is 18.0 Å². The topological polar surface area (TPSA) is 61.3 Å². The van der Waals surface area contributed by atoms with E-state index in [-0.39, 0.29) is 6.61 Å². The number of anilines is 2. The molecule has 19 heavy (non-hydrogen) atoms. The van der Waals surface area contributed by atoms with Crippen LogP contribution in [0.1, 0.15) is 38.5 Å². The van der Waals surface area contributed by atoms with E-state index in [0.29, 0.717) is 12.6 Å². The summed E-state index contributed by atoms with van der Waals surface area (Å²) in [7, 11) is 1.92. The maximum Gasteiger partial charge on any atom is 0.133 e. The van der Waals surface area contributed by atoms with Gasteiger partial charge in [0.05, 0.1) is 6.61 Å². The fraction of sp³-hybridized carbons (Fsp3) is 0.714. The molecule has 1 aromatic heterocycles. The van der Waals surface area contributed by atoms with E-state index in [4.69, 9.17) is 5.11 Å². The molecule has 0 aromatic carbocycles. The average molecular weight is 264 g/mol. The van der Waals surface area contributed by atoms with Crippen LogP contribution in [0.3, 0.4) is 0 Å². The molecule has 5 nitrogen and oxygen atoms in total. The molecule has 2 rings (SSSR count). The van der Waals surface area contributed by atoms with Crippen molar-refractivity contribution in [3.8, 4) is 0 Å². The maximum atomic E-state index is 8.96. The fourth-order valence-corrected chi connectivity index (χ4v) is 2.53. The molecular weight excluding hydrogens is 240 g/mol. The number of hydrogen-bond donors (Lipinski definition) is 2. The first kappa shape index (κ1) is 14.1. The van der Waals surface area contributed by atoms with Gasteiger partial charge in [-0.05, 0) is 12.8 Å². The Morgan fingerprint density at radius 2 is 2.00 bits per heavy atom. The van der Waals surface area contributed by atoms with Crippen LogP contribution in [0.4, 0.5) is 11.6 Å². The number of likely N-dealkylation sites (N-methyl/N-ethyl adjacent to an activating group) is 1. The van der Waals surface area contributed by atoms with Crippen molar-refractivity contribution in [1.82, 2.24) is 9.97 Å². The summed E-state index contributed by atoms with van der Waals surface area (Å²) in [6.07, 6.45) is 9.36. The van der Waals surface area contributed by atoms with Gasteiger partial charge in [0.2, 0.25) is 0 Å². The van der Waals surface area contributed by atoms with Crippen LogP contribution in [0.15, 0.2) is 12.4 Å². The van der Waals surface area contributed by atoms with Gasteiger partial charge in [0.15, 0.2) is 0 Å². The first-order chi connectivity index (χ1) is 9.29. The quantitative estimate of drug-likeness (QED) is 0.797. The molecule has 1 heterocycles. The average Bonchev–Trinajstić information content (AvgIpc) is 2.68. The molecule has 0 radical (unpaired) electrons. The molecule has 106 valence electrons. The Bertz CT molecular complexity index is 377. The van der Waals surface area contributed by atoms with Gasteiger partial charge in [-0.15, -0.1) is 0 Å². The number of nitrogens with zero attached hydrogens (tertiary/aromatic N) is 3. The molecule has 0 saturated heterocycles. The monoisotopic (exact) mass is 264 g/mol. The van der Waals surface area contributed by atoms with Crippen molar-refractivity contribution < 1.29 is 5.11 Å². The number of hydrogen-bond acceptors (Lipinski definition) is 5. The van der Waals surface area contributed by atoms with Crippen molar-refractivity contribution in [2.24, 2.45) is 0 Å². The van der Waals surface area contributed by atoms with Crippen LogP contribution in [0.2, 0.25) is 0 Å². The minimum Gasteiger partial charge on any atom is -0.395 e. The third kappa shape index (κ3) is 4.35. The Balaban J connectivity index is 1.97. The van der Waals surface area contributed by atoms with Crippen molar-refractivity contribution in [1.29, 1.82) is 0 Å². The number of aromatic nitrogens is 2. The zero-order valence-electron chi connectivity index (χ0n) is 11.7. The molecule has 1 fully saturated rings. The van der Waals surface area contributed by atoms with Crippen LogP contribution in [0.5, 0.6) is 0 Å². The SMILES string of the molecule is CN(CCO)c1cc(NC2CCCCCC2)ncn1. The number of aliphatic hydroxyl groups is 1. The van der Waals surface area contributed by atoms with Crippen molar-refractivity contribution in [2.75, 3.05) is 30.4 Å². The van der Waals surface area contributed by atoms with E-state index < -0.39 is 0 Å². The van der Waals surface area contributed by atoms with Crippen LogP contribution in [-0.4, -0.2) is 41.3 Å². The van der Waals surface area contributed by atoms with Crippen LogP contribution >= 0.6 is 0 Å². The smallest absolute Gasteiger partial charge is 0.133 e. The molecule has 1 aliphatic carbocycles. The predicted octanol–water partition coefficient (Wildman–Crippen LogP) is 2.04. The van der Waals surface area contributed by atoms with Crippen LogP contribution < -0.4 is 10.2 Å². The molecule has 0 amide bonds. The van der Waals surface area contributed by atoms with Crippen LogP contribution in [-0.2, 0) is 0 Å². The minimum atomic E-state index is 0.131. The highest BCUT2D eigenvalue weighted by Gasteiger charge is 2.13. The van der Waals surface area contributed by atoms with Crippen molar-refractivity contribution in [3.63, 3.8) is 0 Å². The van der Waals surface area contributed by atoms with Gasteiger partial charge in [-0.1, -0.05) is 25.7 Å². The molecule has 2 N–H and O–H groups in total. The summed E-state index contributed by atoms with van der Waals surface area (Å²) in [6.45, 7) is 0.714. The molecule has 5 heteroatoms. The van der Waals surface area contributed by atoms with Crippen molar-refractivity contribution >= 4 is 11.6 Å². The number of nitrogens with one attached hydrogen (secondary N) is 1. The van der Waals surface area contributed by atoms with Crippen LogP contribution in [0, 0.1) is 0 Å². The lowest BCUT2D eigenvalue weighted by atomic mass is 10.1. The Morgan fingerprint density at radius 1 is 1.26 bits per heavy atom. The third-order valence-corrected chi connectivity index (χ3v) is 3.69. The molecule has 0 unspecified atom stereocenters. The van der Waals surface area contributed by atoms with Gasteiger partial charge >= 0.3 is 0 Å². The van der Waals surface area contributed by atoms with Crippen LogP contribution in [0.25, 0.3) is 0 Å². The zero-order chi connectivity index (χ0) is 13.5. The molecule has 1 aliphatic rings. The lowest BCUT2D eigenvalue weighted by Crippen LogP contribution is -2.23. The summed E-state index contributed by atoms with van der Waals surface area (Å²) in [5.74, 6) is 1.74. The lowest BCUT2D eigenvalue weighted by Gasteiger charge is -2.20. The minimum absolute atomic E-state index is 0.131. The second-order valence-corrected chi connectivity index (χ2v) is 5.24. The predicted molar refractivity (Wildman–Crippen MR) is 77.5 cm³/mol. The lowest BCUT2D eigenvalue weighted by molar-refractivity contribution is 0.304. The second-order valence-electron chi connectivity index (χ2n) is 5.24. The molecule has 0 bridgehead atoms. The molecule has 1 saturated carbocycles. The van der Waals surface area contributed by atoms with Gasteiger partial charge in [0.25, 0.3) is 0 Å². The highest BCUT2D eigenvalue weighted by molar-refractivity contribution is 5.48. The highest BCUT2D eigenvalue weighted by atomic mass is 16.3. The zero-order valence-corrected chi connectivity index (χ0v) is 11.7. The fourth-order valence-electron chi connectivity index (χ4n) is 2.53. The number of rotatable bonds is 5. The van der Waals surface area contributed by atoms with E-state index in [1.165, 1.54) is 38.5 Å². The summed E-state index contributed by atoms with van der Waals surface area (Å²) in [4.78, 5) is 10.5. The van der Waals surface area contributed by atoms with Gasteiger partial charge in [0.1, 0.15) is 18.0 Å². The van der Waals surface area contributed by atoms with Gasteiger partial charge in [-0.2, -0.15) is 0 Å². The first-order valence-electron chi connectivity index (χ1n) is 7.20. The standard InChI is InChI=1S/C14H24N4O/c1-18(8-9-19)14-10-13(15-11-16-14)17-12-6-4-2-3-5-7-12/h10-12,19H,2-9H2,1H3,(H,15,16,17). The van der Waals surface area contributed by atoms with Gasteiger partial charge in [-0.25, -0.2) is 9.97 Å². The summed E-state index contributed by atoms with van der Waals surface area (Å²) < 4.78 is 0. The van der Waals surface area contributed by atoms with E-state index in [1.54, 1.807) is 6.33 Å². The van der Waals surface area contributed by atoms with Gasteiger partial charge in [0, 0.05) is 25.7 Å². The maximum absolute atomic E-state index is 8.96. The van der Waals surface area contributed by atoms with Gasteiger partial charge < -0.3 is 15.3 Å².